The molecule has 0 fully saturated rings. The number of aryl methyl sites for hydroxylation is 1. The first-order valence-corrected chi connectivity index (χ1v) is 13.7. The predicted molar refractivity (Wildman–Crippen MR) is 122 cm³/mol. The molecule has 11 heteroatoms. The number of alkyl halides is 3. The minimum atomic E-state index is -4.54. The predicted octanol–water partition coefficient (Wildman–Crippen LogP) is 3.97. The molecular weight excluding hydrogens is 477 g/mol. The summed E-state index contributed by atoms with van der Waals surface area (Å²) >= 11 is 0. The fourth-order valence-corrected chi connectivity index (χ4v) is 6.13. The minimum absolute atomic E-state index is 0.0574. The van der Waals surface area contributed by atoms with Gasteiger partial charge in [0.25, 0.3) is 0 Å². The average Bonchev–Trinajstić information content (AvgIpc) is 2.65. The molecule has 0 bridgehead atoms. The third-order valence-corrected chi connectivity index (χ3v) is 7.67. The van der Waals surface area contributed by atoms with Gasteiger partial charge >= 0.3 is 6.18 Å². The van der Waals surface area contributed by atoms with Crippen molar-refractivity contribution >= 4 is 20.0 Å². The van der Waals surface area contributed by atoms with Crippen LogP contribution in [0.15, 0.2) is 48.5 Å². The van der Waals surface area contributed by atoms with Crippen molar-refractivity contribution in [1.29, 1.82) is 0 Å². The smallest absolute Gasteiger partial charge is 0.212 e. The minimum Gasteiger partial charge on any atom is -0.212 e. The molecule has 2 aromatic carbocycles. The first-order chi connectivity index (χ1) is 15.2. The fourth-order valence-electron chi connectivity index (χ4n) is 3.27. The molecular formula is C22H29F3N2O4S2. The highest BCUT2D eigenvalue weighted by molar-refractivity contribution is 7.89. The highest BCUT2D eigenvalue weighted by atomic mass is 32.2. The van der Waals surface area contributed by atoms with Crippen LogP contribution in [-0.4, -0.2) is 28.9 Å². The molecule has 184 valence electrons. The van der Waals surface area contributed by atoms with Gasteiger partial charge in [-0.1, -0.05) is 42.5 Å². The van der Waals surface area contributed by atoms with Crippen LogP contribution in [0.5, 0.6) is 0 Å². The summed E-state index contributed by atoms with van der Waals surface area (Å²) in [5.74, 6) is -0.675. The first-order valence-electron chi connectivity index (χ1n) is 10.4. The zero-order valence-electron chi connectivity index (χ0n) is 18.7. The van der Waals surface area contributed by atoms with Gasteiger partial charge in [-0.2, -0.15) is 13.2 Å². The van der Waals surface area contributed by atoms with Crippen molar-refractivity contribution in [2.75, 3.05) is 0 Å². The Bertz CT molecular complexity index is 1130. The molecule has 0 saturated carbocycles. The Labute approximate surface area is 193 Å². The van der Waals surface area contributed by atoms with Crippen molar-refractivity contribution in [3.63, 3.8) is 0 Å². The van der Waals surface area contributed by atoms with Crippen molar-refractivity contribution in [2.45, 2.75) is 63.4 Å². The van der Waals surface area contributed by atoms with Crippen LogP contribution in [0.2, 0.25) is 0 Å². The molecule has 1 unspecified atom stereocenters. The van der Waals surface area contributed by atoms with E-state index in [-0.39, 0.29) is 17.4 Å². The number of hydrogen-bond acceptors (Lipinski definition) is 4. The third kappa shape index (κ3) is 9.83. The van der Waals surface area contributed by atoms with E-state index >= 15 is 0 Å². The molecule has 0 aliphatic carbocycles. The van der Waals surface area contributed by atoms with Crippen LogP contribution in [0.1, 0.15) is 49.4 Å². The zero-order valence-corrected chi connectivity index (χ0v) is 20.3. The van der Waals surface area contributed by atoms with E-state index in [1.807, 2.05) is 0 Å². The van der Waals surface area contributed by atoms with E-state index < -0.39 is 43.6 Å². The first kappa shape index (κ1) is 27.3. The van der Waals surface area contributed by atoms with Gasteiger partial charge in [0.05, 0.1) is 17.1 Å². The van der Waals surface area contributed by atoms with E-state index in [0.29, 0.717) is 18.4 Å². The van der Waals surface area contributed by atoms with Gasteiger partial charge in [0.1, 0.15) is 0 Å². The Morgan fingerprint density at radius 2 is 1.33 bits per heavy atom. The molecule has 2 N–H and O–H groups in total. The van der Waals surface area contributed by atoms with E-state index in [0.717, 1.165) is 17.7 Å². The maximum Gasteiger partial charge on any atom is 0.416 e. The molecule has 0 aliphatic heterocycles. The molecule has 2 rings (SSSR count). The highest BCUT2D eigenvalue weighted by Crippen LogP contribution is 2.29. The SMILES string of the molecule is CC(C)NS(=O)(=O)Cc1ccc(CCC(C)NS(=O)(=O)Cc2cccc(C(F)(F)F)c2)cc1. The maximum absolute atomic E-state index is 12.8. The van der Waals surface area contributed by atoms with E-state index in [4.69, 9.17) is 0 Å². The van der Waals surface area contributed by atoms with Crippen LogP contribution in [0.3, 0.4) is 0 Å². The maximum atomic E-state index is 12.8. The van der Waals surface area contributed by atoms with Gasteiger partial charge in [-0.25, -0.2) is 26.3 Å². The lowest BCUT2D eigenvalue weighted by Gasteiger charge is -2.15. The summed E-state index contributed by atoms with van der Waals surface area (Å²) in [6, 6.07) is 10.7. The molecule has 0 radical (unpaired) electrons. The van der Waals surface area contributed by atoms with Gasteiger partial charge in [-0.3, -0.25) is 0 Å². The fraction of sp³-hybridized carbons (Fsp3) is 0.455. The molecule has 0 heterocycles. The second-order valence-corrected chi connectivity index (χ2v) is 11.9. The number of halogens is 3. The Morgan fingerprint density at radius 1 is 0.788 bits per heavy atom. The Hall–Kier alpha value is -1.95. The summed E-state index contributed by atoms with van der Waals surface area (Å²) in [6.45, 7) is 5.17. The van der Waals surface area contributed by atoms with Crippen molar-refractivity contribution < 1.29 is 30.0 Å². The van der Waals surface area contributed by atoms with Gasteiger partial charge in [-0.15, -0.1) is 0 Å². The zero-order chi connectivity index (χ0) is 24.9. The molecule has 2 aromatic rings. The van der Waals surface area contributed by atoms with Gasteiger partial charge in [0, 0.05) is 12.1 Å². The van der Waals surface area contributed by atoms with E-state index in [1.165, 1.54) is 12.1 Å². The number of rotatable bonds is 11. The van der Waals surface area contributed by atoms with Crippen molar-refractivity contribution in [3.8, 4) is 0 Å². The highest BCUT2D eigenvalue weighted by Gasteiger charge is 2.30. The van der Waals surface area contributed by atoms with Crippen LogP contribution in [0.25, 0.3) is 0 Å². The molecule has 6 nitrogen and oxygen atoms in total. The molecule has 0 spiro atoms. The lowest BCUT2D eigenvalue weighted by molar-refractivity contribution is -0.137. The number of nitrogens with one attached hydrogen (secondary N) is 2. The van der Waals surface area contributed by atoms with Crippen LogP contribution < -0.4 is 9.44 Å². The van der Waals surface area contributed by atoms with Gasteiger partial charge in [0.15, 0.2) is 0 Å². The largest absolute Gasteiger partial charge is 0.416 e. The van der Waals surface area contributed by atoms with Crippen LogP contribution in [-0.2, 0) is 44.1 Å². The van der Waals surface area contributed by atoms with Crippen LogP contribution >= 0.6 is 0 Å². The summed E-state index contributed by atoms with van der Waals surface area (Å²) in [5, 5.41) is 0. The second-order valence-electron chi connectivity index (χ2n) is 8.36. The summed E-state index contributed by atoms with van der Waals surface area (Å²) in [5.41, 5.74) is 0.722. The topological polar surface area (TPSA) is 92.3 Å². The summed E-state index contributed by atoms with van der Waals surface area (Å²) < 4.78 is 92.3. The molecule has 0 aromatic heterocycles. The van der Waals surface area contributed by atoms with Gasteiger partial charge < -0.3 is 0 Å². The van der Waals surface area contributed by atoms with Crippen molar-refractivity contribution in [2.24, 2.45) is 0 Å². The summed E-state index contributed by atoms with van der Waals surface area (Å²) in [7, 11) is -7.25. The van der Waals surface area contributed by atoms with E-state index in [1.54, 1.807) is 45.0 Å². The van der Waals surface area contributed by atoms with E-state index in [9.17, 15) is 30.0 Å². The van der Waals surface area contributed by atoms with Gasteiger partial charge in [0.2, 0.25) is 20.0 Å². The van der Waals surface area contributed by atoms with Crippen molar-refractivity contribution in [3.05, 3.63) is 70.8 Å². The molecule has 33 heavy (non-hydrogen) atoms. The summed E-state index contributed by atoms with van der Waals surface area (Å²) in [6.07, 6.45) is -3.52. The molecule has 1 atom stereocenters. The standard InChI is InChI=1S/C22H29F3N2O4S2/c1-16(2)26-32(28,29)14-19-11-9-18(10-12-19)8-7-17(3)27-33(30,31)15-20-5-4-6-21(13-20)22(23,24)25/h4-6,9-13,16-17,26-27H,7-8,14-15H2,1-3H3. The van der Waals surface area contributed by atoms with Crippen LogP contribution in [0.4, 0.5) is 13.2 Å². The molecule has 0 amide bonds. The monoisotopic (exact) mass is 506 g/mol. The molecule has 0 saturated heterocycles. The second kappa shape index (κ2) is 11.0. The number of benzene rings is 2. The quantitative estimate of drug-likeness (QED) is 0.482. The third-order valence-electron chi connectivity index (χ3n) is 4.65. The Balaban J connectivity index is 1.90. The van der Waals surface area contributed by atoms with Crippen LogP contribution in [0, 0.1) is 0 Å². The van der Waals surface area contributed by atoms with Gasteiger partial charge in [-0.05, 0) is 56.4 Å². The van der Waals surface area contributed by atoms with E-state index in [2.05, 4.69) is 9.44 Å². The van der Waals surface area contributed by atoms with Crippen molar-refractivity contribution in [1.82, 2.24) is 9.44 Å². The lowest BCUT2D eigenvalue weighted by Crippen LogP contribution is -2.33. The Kier molecular flexibility index (Phi) is 9.09. The Morgan fingerprint density at radius 3 is 1.91 bits per heavy atom. The average molecular weight is 507 g/mol. The lowest BCUT2D eigenvalue weighted by atomic mass is 10.1. The summed E-state index contributed by atoms with van der Waals surface area (Å²) in [4.78, 5) is 0. The number of sulfonamides is 2. The molecule has 0 aliphatic rings. The number of hydrogen-bond donors (Lipinski definition) is 2. The normalized spacial score (nSPS) is 13.9.